The summed E-state index contributed by atoms with van der Waals surface area (Å²) in [4.78, 5) is 0. The lowest BCUT2D eigenvalue weighted by atomic mass is 10.1. The summed E-state index contributed by atoms with van der Waals surface area (Å²) in [6, 6.07) is 4.61. The van der Waals surface area contributed by atoms with Crippen LogP contribution in [0.3, 0.4) is 0 Å². The van der Waals surface area contributed by atoms with Gasteiger partial charge in [-0.15, -0.1) is 0 Å². The van der Waals surface area contributed by atoms with Crippen LogP contribution in [0.2, 0.25) is 0 Å². The number of nitrogens with one attached hydrogen (secondary N) is 1. The summed E-state index contributed by atoms with van der Waals surface area (Å²) in [7, 11) is 0. The van der Waals surface area contributed by atoms with Gasteiger partial charge in [-0.25, -0.2) is 4.39 Å². The van der Waals surface area contributed by atoms with E-state index in [1.54, 1.807) is 12.3 Å². The summed E-state index contributed by atoms with van der Waals surface area (Å²) >= 11 is 0. The molecule has 2 rings (SSSR count). The maximum absolute atomic E-state index is 13.0. The molecule has 0 unspecified atom stereocenters. The molecule has 0 bridgehead atoms. The second kappa shape index (κ2) is 4.45. The maximum Gasteiger partial charge on any atom is 0.134 e. The van der Waals surface area contributed by atoms with Crippen molar-refractivity contribution >= 4 is 11.0 Å². The molecule has 0 radical (unpaired) electrons. The first kappa shape index (κ1) is 10.2. The lowest BCUT2D eigenvalue weighted by Crippen LogP contribution is -2.15. The quantitative estimate of drug-likeness (QED) is 0.780. The van der Waals surface area contributed by atoms with Crippen molar-refractivity contribution in [3.05, 3.63) is 35.8 Å². The smallest absolute Gasteiger partial charge is 0.134 e. The van der Waals surface area contributed by atoms with Crippen molar-refractivity contribution in [1.82, 2.24) is 5.32 Å². The van der Waals surface area contributed by atoms with Gasteiger partial charge in [0.05, 0.1) is 6.26 Å². The molecule has 1 aromatic heterocycles. The van der Waals surface area contributed by atoms with E-state index in [1.807, 2.05) is 0 Å². The monoisotopic (exact) mass is 207 g/mol. The fourth-order valence-corrected chi connectivity index (χ4v) is 1.65. The summed E-state index contributed by atoms with van der Waals surface area (Å²) < 4.78 is 18.4. The van der Waals surface area contributed by atoms with Crippen molar-refractivity contribution in [2.45, 2.75) is 13.3 Å². The van der Waals surface area contributed by atoms with Crippen molar-refractivity contribution in [2.24, 2.45) is 0 Å². The number of fused-ring (bicyclic) bond motifs is 1. The highest BCUT2D eigenvalue weighted by Gasteiger charge is 2.05. The van der Waals surface area contributed by atoms with E-state index in [1.165, 1.54) is 12.1 Å². The molecule has 0 atom stereocenters. The summed E-state index contributed by atoms with van der Waals surface area (Å²) in [5, 5.41) is 4.11. The van der Waals surface area contributed by atoms with Gasteiger partial charge in [-0.2, -0.15) is 0 Å². The molecule has 2 aromatic rings. The third-order valence-electron chi connectivity index (χ3n) is 2.44. The zero-order valence-corrected chi connectivity index (χ0v) is 8.72. The predicted molar refractivity (Wildman–Crippen MR) is 58.4 cm³/mol. The summed E-state index contributed by atoms with van der Waals surface area (Å²) in [6.45, 7) is 3.90. The second-order valence-corrected chi connectivity index (χ2v) is 3.50. The van der Waals surface area contributed by atoms with Crippen LogP contribution in [-0.4, -0.2) is 13.1 Å². The molecule has 0 amide bonds. The van der Waals surface area contributed by atoms with Crippen molar-refractivity contribution in [2.75, 3.05) is 13.1 Å². The Balaban J connectivity index is 2.23. The van der Waals surface area contributed by atoms with E-state index < -0.39 is 0 Å². The molecule has 80 valence electrons. The van der Waals surface area contributed by atoms with Crippen molar-refractivity contribution < 1.29 is 8.81 Å². The predicted octanol–water partition coefficient (Wildman–Crippen LogP) is 2.72. The van der Waals surface area contributed by atoms with Gasteiger partial charge >= 0.3 is 0 Å². The highest BCUT2D eigenvalue weighted by atomic mass is 19.1. The summed E-state index contributed by atoms with van der Waals surface area (Å²) in [6.07, 6.45) is 2.58. The minimum Gasteiger partial charge on any atom is -0.464 e. The average molecular weight is 207 g/mol. The van der Waals surface area contributed by atoms with Gasteiger partial charge < -0.3 is 9.73 Å². The third-order valence-corrected chi connectivity index (χ3v) is 2.44. The minimum atomic E-state index is -0.214. The van der Waals surface area contributed by atoms with Crippen molar-refractivity contribution in [3.8, 4) is 0 Å². The Labute approximate surface area is 88.1 Å². The van der Waals surface area contributed by atoms with Gasteiger partial charge in [0.1, 0.15) is 11.4 Å². The number of benzene rings is 1. The number of furan rings is 1. The topological polar surface area (TPSA) is 25.2 Å². The Morgan fingerprint density at radius 2 is 2.27 bits per heavy atom. The number of hydrogen-bond donors (Lipinski definition) is 1. The lowest BCUT2D eigenvalue weighted by Gasteiger charge is -1.99. The van der Waals surface area contributed by atoms with Crippen molar-refractivity contribution in [3.63, 3.8) is 0 Å². The molecule has 1 N–H and O–H groups in total. The highest BCUT2D eigenvalue weighted by molar-refractivity contribution is 5.81. The zero-order chi connectivity index (χ0) is 10.7. The largest absolute Gasteiger partial charge is 0.464 e. The van der Waals surface area contributed by atoms with E-state index in [9.17, 15) is 4.39 Å². The van der Waals surface area contributed by atoms with E-state index in [0.29, 0.717) is 0 Å². The van der Waals surface area contributed by atoms with Crippen LogP contribution >= 0.6 is 0 Å². The van der Waals surface area contributed by atoms with Crippen LogP contribution in [0, 0.1) is 5.82 Å². The van der Waals surface area contributed by atoms with Gasteiger partial charge in [0, 0.05) is 5.39 Å². The van der Waals surface area contributed by atoms with E-state index in [0.717, 1.165) is 36.0 Å². The Hall–Kier alpha value is -1.35. The molecule has 0 aliphatic heterocycles. The second-order valence-electron chi connectivity index (χ2n) is 3.50. The fraction of sp³-hybridized carbons (Fsp3) is 0.333. The molecule has 1 aromatic carbocycles. The molecule has 3 heteroatoms. The van der Waals surface area contributed by atoms with Crippen molar-refractivity contribution in [1.29, 1.82) is 0 Å². The minimum absolute atomic E-state index is 0.214. The fourth-order valence-electron chi connectivity index (χ4n) is 1.65. The molecule has 0 fully saturated rings. The SMILES string of the molecule is CCNCCc1coc2ccc(F)cc12. The number of likely N-dealkylation sites (N-methyl/N-ethyl adjacent to an activating group) is 1. The van der Waals surface area contributed by atoms with Crippen LogP contribution in [-0.2, 0) is 6.42 Å². The van der Waals surface area contributed by atoms with Crippen LogP contribution in [0.4, 0.5) is 4.39 Å². The van der Waals surface area contributed by atoms with Gasteiger partial charge in [-0.3, -0.25) is 0 Å². The van der Waals surface area contributed by atoms with Crippen LogP contribution in [0.5, 0.6) is 0 Å². The molecule has 0 aliphatic carbocycles. The Kier molecular flexibility index (Phi) is 3.02. The summed E-state index contributed by atoms with van der Waals surface area (Å²) in [5.41, 5.74) is 1.81. The first-order chi connectivity index (χ1) is 7.31. The van der Waals surface area contributed by atoms with Crippen LogP contribution < -0.4 is 5.32 Å². The van der Waals surface area contributed by atoms with E-state index in [2.05, 4.69) is 12.2 Å². The molecular formula is C12H14FNO. The van der Waals surface area contributed by atoms with E-state index in [-0.39, 0.29) is 5.82 Å². The van der Waals surface area contributed by atoms with E-state index >= 15 is 0 Å². The van der Waals surface area contributed by atoms with Crippen LogP contribution in [0.1, 0.15) is 12.5 Å². The Morgan fingerprint density at radius 3 is 3.07 bits per heavy atom. The summed E-state index contributed by atoms with van der Waals surface area (Å²) in [5.74, 6) is -0.214. The van der Waals surface area contributed by atoms with Crippen LogP contribution in [0.25, 0.3) is 11.0 Å². The first-order valence-corrected chi connectivity index (χ1v) is 5.17. The van der Waals surface area contributed by atoms with Gasteiger partial charge in [0.2, 0.25) is 0 Å². The van der Waals surface area contributed by atoms with Gasteiger partial charge in [0.25, 0.3) is 0 Å². The van der Waals surface area contributed by atoms with Gasteiger partial charge in [-0.05, 0) is 43.3 Å². The lowest BCUT2D eigenvalue weighted by molar-refractivity contribution is 0.604. The maximum atomic E-state index is 13.0. The molecule has 0 spiro atoms. The van der Waals surface area contributed by atoms with E-state index in [4.69, 9.17) is 4.42 Å². The molecule has 0 saturated heterocycles. The normalized spacial score (nSPS) is 11.1. The number of rotatable bonds is 4. The number of hydrogen-bond acceptors (Lipinski definition) is 2. The third kappa shape index (κ3) is 2.18. The Morgan fingerprint density at radius 1 is 1.40 bits per heavy atom. The molecule has 1 heterocycles. The standard InChI is InChI=1S/C12H14FNO/c1-2-14-6-5-9-8-15-12-4-3-10(13)7-11(9)12/h3-4,7-8,14H,2,5-6H2,1H3. The van der Waals surface area contributed by atoms with Crippen LogP contribution in [0.15, 0.2) is 28.9 Å². The molecule has 0 aliphatic rings. The average Bonchev–Trinajstić information content (AvgIpc) is 2.62. The molecular weight excluding hydrogens is 193 g/mol. The highest BCUT2D eigenvalue weighted by Crippen LogP contribution is 2.22. The number of halogens is 1. The molecule has 2 nitrogen and oxygen atoms in total. The van der Waals surface area contributed by atoms with Gasteiger partial charge in [0.15, 0.2) is 0 Å². The zero-order valence-electron chi connectivity index (χ0n) is 8.72. The molecule has 0 saturated carbocycles. The molecule has 15 heavy (non-hydrogen) atoms. The van der Waals surface area contributed by atoms with Gasteiger partial charge in [-0.1, -0.05) is 6.92 Å². The first-order valence-electron chi connectivity index (χ1n) is 5.17. The Bertz CT molecular complexity index is 450.